The highest BCUT2D eigenvalue weighted by atomic mass is 19.2. The van der Waals surface area contributed by atoms with Crippen molar-refractivity contribution in [2.24, 2.45) is 17.8 Å². The van der Waals surface area contributed by atoms with E-state index in [-0.39, 0.29) is 0 Å². The van der Waals surface area contributed by atoms with Crippen molar-refractivity contribution in [3.63, 3.8) is 0 Å². The number of benzene rings is 1. The highest BCUT2D eigenvalue weighted by Gasteiger charge is 2.31. The Morgan fingerprint density at radius 1 is 0.759 bits per heavy atom. The average molecular weight is 407 g/mol. The number of rotatable bonds is 10. The molecular formula is C26H40F2O. The summed E-state index contributed by atoms with van der Waals surface area (Å²) >= 11 is 0. The molecule has 29 heavy (non-hydrogen) atoms. The fourth-order valence-electron chi connectivity index (χ4n) is 5.85. The molecule has 164 valence electrons. The number of unbranched alkanes of at least 4 members (excludes halogenated alkanes) is 4. The van der Waals surface area contributed by atoms with Crippen LogP contribution in [0.25, 0.3) is 0 Å². The van der Waals surface area contributed by atoms with E-state index in [0.717, 1.165) is 42.8 Å². The molecule has 1 aromatic carbocycles. The second-order valence-corrected chi connectivity index (χ2v) is 9.62. The molecule has 2 fully saturated rings. The molecule has 0 bridgehead atoms. The molecule has 0 heterocycles. The minimum atomic E-state index is -0.731. The SMILES string of the molecule is COCCCCCCCC1CCC(C2CCC(c3ccc(F)c(F)c3)CC2)CC1. The van der Waals surface area contributed by atoms with E-state index in [1.165, 1.54) is 89.2 Å². The predicted molar refractivity (Wildman–Crippen MR) is 116 cm³/mol. The summed E-state index contributed by atoms with van der Waals surface area (Å²) < 4.78 is 31.8. The zero-order valence-electron chi connectivity index (χ0n) is 18.3. The first-order valence-corrected chi connectivity index (χ1v) is 12.1. The Bertz CT molecular complexity index is 586. The Labute approximate surface area is 176 Å². The van der Waals surface area contributed by atoms with Gasteiger partial charge in [-0.05, 0) is 86.3 Å². The Morgan fingerprint density at radius 2 is 1.38 bits per heavy atom. The van der Waals surface area contributed by atoms with Gasteiger partial charge in [-0.25, -0.2) is 8.78 Å². The number of hydrogen-bond acceptors (Lipinski definition) is 1. The first-order valence-electron chi connectivity index (χ1n) is 12.1. The second-order valence-electron chi connectivity index (χ2n) is 9.62. The number of methoxy groups -OCH3 is 1. The van der Waals surface area contributed by atoms with Gasteiger partial charge in [0.1, 0.15) is 0 Å². The van der Waals surface area contributed by atoms with E-state index in [1.807, 2.05) is 0 Å². The fourth-order valence-corrected chi connectivity index (χ4v) is 5.85. The lowest BCUT2D eigenvalue weighted by Gasteiger charge is -2.38. The van der Waals surface area contributed by atoms with Crippen molar-refractivity contribution in [2.45, 2.75) is 95.8 Å². The van der Waals surface area contributed by atoms with Crippen LogP contribution in [0.5, 0.6) is 0 Å². The van der Waals surface area contributed by atoms with Crippen LogP contribution in [-0.4, -0.2) is 13.7 Å². The van der Waals surface area contributed by atoms with Gasteiger partial charge in [-0.1, -0.05) is 51.0 Å². The minimum Gasteiger partial charge on any atom is -0.385 e. The molecule has 3 rings (SSSR count). The van der Waals surface area contributed by atoms with E-state index in [2.05, 4.69) is 0 Å². The van der Waals surface area contributed by atoms with Crippen LogP contribution in [0.15, 0.2) is 18.2 Å². The summed E-state index contributed by atoms with van der Waals surface area (Å²) in [5, 5.41) is 0. The van der Waals surface area contributed by atoms with Crippen molar-refractivity contribution in [3.8, 4) is 0 Å². The molecule has 2 aliphatic carbocycles. The Morgan fingerprint density at radius 3 is 2.03 bits per heavy atom. The predicted octanol–water partition coefficient (Wildman–Crippen LogP) is 8.03. The smallest absolute Gasteiger partial charge is 0.159 e. The third-order valence-corrected chi connectivity index (χ3v) is 7.71. The summed E-state index contributed by atoms with van der Waals surface area (Å²) in [5.41, 5.74) is 0.994. The van der Waals surface area contributed by atoms with Crippen LogP contribution in [0.1, 0.15) is 101 Å². The van der Waals surface area contributed by atoms with E-state index in [9.17, 15) is 8.78 Å². The molecule has 2 saturated carbocycles. The number of halogens is 2. The summed E-state index contributed by atoms with van der Waals surface area (Å²) in [5.74, 6) is 1.72. The normalized spacial score (nSPS) is 27.8. The van der Waals surface area contributed by atoms with Crippen LogP contribution < -0.4 is 0 Å². The lowest BCUT2D eigenvalue weighted by atomic mass is 9.68. The quantitative estimate of drug-likeness (QED) is 0.357. The molecule has 0 atom stereocenters. The van der Waals surface area contributed by atoms with E-state index in [4.69, 9.17) is 4.74 Å². The molecule has 0 spiro atoms. The van der Waals surface area contributed by atoms with Gasteiger partial charge in [0.25, 0.3) is 0 Å². The van der Waals surface area contributed by atoms with Gasteiger partial charge in [-0.15, -0.1) is 0 Å². The van der Waals surface area contributed by atoms with Crippen molar-refractivity contribution in [1.82, 2.24) is 0 Å². The monoisotopic (exact) mass is 406 g/mol. The minimum absolute atomic E-state index is 0.418. The van der Waals surface area contributed by atoms with E-state index < -0.39 is 11.6 Å². The molecule has 0 N–H and O–H groups in total. The summed E-state index contributed by atoms with van der Waals surface area (Å²) in [6.07, 6.45) is 18.6. The summed E-state index contributed by atoms with van der Waals surface area (Å²) in [6, 6.07) is 4.49. The van der Waals surface area contributed by atoms with Gasteiger partial charge in [-0.2, -0.15) is 0 Å². The van der Waals surface area contributed by atoms with Crippen LogP contribution >= 0.6 is 0 Å². The van der Waals surface area contributed by atoms with Crippen molar-refractivity contribution in [2.75, 3.05) is 13.7 Å². The van der Waals surface area contributed by atoms with Crippen LogP contribution in [0.4, 0.5) is 8.78 Å². The van der Waals surface area contributed by atoms with Gasteiger partial charge in [0.05, 0.1) is 0 Å². The third-order valence-electron chi connectivity index (χ3n) is 7.71. The van der Waals surface area contributed by atoms with Crippen LogP contribution in [0, 0.1) is 29.4 Å². The second kappa shape index (κ2) is 12.0. The zero-order chi connectivity index (χ0) is 20.5. The van der Waals surface area contributed by atoms with Crippen LogP contribution in [0.3, 0.4) is 0 Å². The number of hydrogen-bond donors (Lipinski definition) is 0. The molecule has 1 aromatic rings. The molecule has 0 saturated heterocycles. The zero-order valence-corrected chi connectivity index (χ0v) is 18.3. The molecule has 0 unspecified atom stereocenters. The van der Waals surface area contributed by atoms with Crippen molar-refractivity contribution in [1.29, 1.82) is 0 Å². The van der Waals surface area contributed by atoms with Gasteiger partial charge in [0, 0.05) is 13.7 Å². The maximum atomic E-state index is 13.5. The summed E-state index contributed by atoms with van der Waals surface area (Å²) in [4.78, 5) is 0. The largest absolute Gasteiger partial charge is 0.385 e. The Hall–Kier alpha value is -0.960. The van der Waals surface area contributed by atoms with Crippen molar-refractivity contribution < 1.29 is 13.5 Å². The topological polar surface area (TPSA) is 9.23 Å². The molecule has 3 heteroatoms. The summed E-state index contributed by atoms with van der Waals surface area (Å²) in [7, 11) is 1.79. The molecule has 0 aromatic heterocycles. The molecule has 0 radical (unpaired) electrons. The lowest BCUT2D eigenvalue weighted by Crippen LogP contribution is -2.25. The van der Waals surface area contributed by atoms with Crippen molar-refractivity contribution in [3.05, 3.63) is 35.4 Å². The highest BCUT2D eigenvalue weighted by molar-refractivity contribution is 5.22. The van der Waals surface area contributed by atoms with Gasteiger partial charge in [0.15, 0.2) is 11.6 Å². The van der Waals surface area contributed by atoms with E-state index in [1.54, 1.807) is 13.2 Å². The first-order chi connectivity index (χ1) is 14.2. The first kappa shape index (κ1) is 22.7. The fraction of sp³-hybridized carbons (Fsp3) is 0.769. The van der Waals surface area contributed by atoms with E-state index >= 15 is 0 Å². The third kappa shape index (κ3) is 7.05. The van der Waals surface area contributed by atoms with Gasteiger partial charge < -0.3 is 4.74 Å². The Kier molecular flexibility index (Phi) is 9.42. The maximum Gasteiger partial charge on any atom is 0.159 e. The lowest BCUT2D eigenvalue weighted by molar-refractivity contribution is 0.155. The van der Waals surface area contributed by atoms with Crippen LogP contribution in [-0.2, 0) is 4.74 Å². The molecule has 2 aliphatic rings. The molecule has 0 amide bonds. The maximum absolute atomic E-state index is 13.5. The molecular weight excluding hydrogens is 366 g/mol. The van der Waals surface area contributed by atoms with Gasteiger partial charge in [-0.3, -0.25) is 0 Å². The molecule has 1 nitrogen and oxygen atoms in total. The number of ether oxygens (including phenoxy) is 1. The average Bonchev–Trinajstić information content (AvgIpc) is 2.76. The summed E-state index contributed by atoms with van der Waals surface area (Å²) in [6.45, 7) is 0.909. The standard InChI is InChI=1S/C26H40F2O/c1-29-18-6-4-2-3-5-7-20-8-10-21(11-9-20)22-12-14-23(15-13-22)24-16-17-25(27)26(28)19-24/h16-17,19-23H,2-15,18H2,1H3. The Balaban J connectivity index is 1.30. The van der Waals surface area contributed by atoms with Gasteiger partial charge in [0.2, 0.25) is 0 Å². The molecule has 0 aliphatic heterocycles. The van der Waals surface area contributed by atoms with Crippen LogP contribution in [0.2, 0.25) is 0 Å². The highest BCUT2D eigenvalue weighted by Crippen LogP contribution is 2.44. The van der Waals surface area contributed by atoms with Gasteiger partial charge >= 0.3 is 0 Å². The van der Waals surface area contributed by atoms with Crippen molar-refractivity contribution >= 4 is 0 Å². The van der Waals surface area contributed by atoms with E-state index in [0.29, 0.717) is 5.92 Å².